The zero-order chi connectivity index (χ0) is 18.9. The fourth-order valence-corrected chi connectivity index (χ4v) is 7.04. The van der Waals surface area contributed by atoms with Crippen molar-refractivity contribution in [2.75, 3.05) is 0 Å². The van der Waals surface area contributed by atoms with E-state index in [1.807, 2.05) is 0 Å². The van der Waals surface area contributed by atoms with E-state index in [2.05, 4.69) is 43.6 Å². The van der Waals surface area contributed by atoms with Crippen molar-refractivity contribution < 1.29 is 14.6 Å². The molecule has 1 aromatic carbocycles. The van der Waals surface area contributed by atoms with E-state index < -0.39 is 0 Å². The molecule has 0 radical (unpaired) electrons. The summed E-state index contributed by atoms with van der Waals surface area (Å²) in [7, 11) is 0. The van der Waals surface area contributed by atoms with E-state index in [0.717, 1.165) is 24.2 Å². The average molecular weight is 421 g/mol. The minimum atomic E-state index is -0.204. The van der Waals surface area contributed by atoms with Crippen molar-refractivity contribution in [3.8, 4) is 11.5 Å². The predicted molar refractivity (Wildman–Crippen MR) is 106 cm³/mol. The van der Waals surface area contributed by atoms with Gasteiger partial charge in [-0.15, -0.1) is 0 Å². The van der Waals surface area contributed by atoms with E-state index in [9.17, 15) is 9.90 Å². The second kappa shape index (κ2) is 5.73. The van der Waals surface area contributed by atoms with Crippen LogP contribution >= 0.6 is 15.9 Å². The Morgan fingerprint density at radius 3 is 2.58 bits per heavy atom. The SMILES string of the molecule is CC1(C)[C@@H](Br)CC[C@@]2(C)[C@H]1CC[C@@]1(C)Oc3cc(C=O)c(O)cc3C[C@@H]21. The first-order chi connectivity index (χ1) is 12.1. The first-order valence-corrected chi connectivity index (χ1v) is 10.7. The number of aldehydes is 1. The van der Waals surface area contributed by atoms with Crippen LogP contribution < -0.4 is 4.74 Å². The van der Waals surface area contributed by atoms with Gasteiger partial charge in [0, 0.05) is 10.7 Å². The standard InChI is InChI=1S/C22H29BrO3/c1-20(2)17-5-8-22(4)18(21(17,3)7-6-19(20)23)11-13-9-15(25)14(12-24)10-16(13)26-22/h9-10,12,17-19,25H,5-8,11H2,1-4H3/t17-,18-,19-,21-,22+/m0/s1. The minimum absolute atomic E-state index is 0.0629. The van der Waals surface area contributed by atoms with Gasteiger partial charge >= 0.3 is 0 Å². The second-order valence-corrected chi connectivity index (χ2v) is 10.8. The van der Waals surface area contributed by atoms with Crippen molar-refractivity contribution in [3.63, 3.8) is 0 Å². The highest BCUT2D eigenvalue weighted by molar-refractivity contribution is 9.09. The van der Waals surface area contributed by atoms with Crippen LogP contribution in [0.1, 0.15) is 69.3 Å². The maximum Gasteiger partial charge on any atom is 0.153 e. The molecule has 3 aliphatic rings. The molecule has 1 N–H and O–H groups in total. The summed E-state index contributed by atoms with van der Waals surface area (Å²) in [6.45, 7) is 9.55. The molecule has 5 atom stereocenters. The highest BCUT2D eigenvalue weighted by Crippen LogP contribution is 2.65. The molecule has 2 saturated carbocycles. The summed E-state index contributed by atoms with van der Waals surface area (Å²) >= 11 is 3.95. The van der Waals surface area contributed by atoms with E-state index in [-0.39, 0.29) is 22.2 Å². The number of aromatic hydroxyl groups is 1. The summed E-state index contributed by atoms with van der Waals surface area (Å²) in [5.41, 5.74) is 1.63. The second-order valence-electron chi connectivity index (χ2n) is 9.73. The van der Waals surface area contributed by atoms with Gasteiger partial charge in [0.05, 0.1) is 5.56 Å². The highest BCUT2D eigenvalue weighted by atomic mass is 79.9. The fourth-order valence-electron chi connectivity index (χ4n) is 6.49. The third-order valence-electron chi connectivity index (χ3n) is 8.00. The Balaban J connectivity index is 1.77. The lowest BCUT2D eigenvalue weighted by molar-refractivity contribution is -0.160. The topological polar surface area (TPSA) is 46.5 Å². The molecule has 4 rings (SSSR count). The van der Waals surface area contributed by atoms with Crippen LogP contribution in [0.4, 0.5) is 0 Å². The molecule has 1 heterocycles. The Labute approximate surface area is 164 Å². The number of rotatable bonds is 1. The smallest absolute Gasteiger partial charge is 0.153 e. The largest absolute Gasteiger partial charge is 0.507 e. The van der Waals surface area contributed by atoms with Gasteiger partial charge in [-0.25, -0.2) is 0 Å². The summed E-state index contributed by atoms with van der Waals surface area (Å²) in [5, 5.41) is 10.1. The Kier molecular flexibility index (Phi) is 4.04. The molecule has 26 heavy (non-hydrogen) atoms. The van der Waals surface area contributed by atoms with Gasteiger partial charge in [0.15, 0.2) is 6.29 Å². The molecule has 142 valence electrons. The Morgan fingerprint density at radius 2 is 1.88 bits per heavy atom. The molecule has 4 heteroatoms. The molecule has 0 bridgehead atoms. The minimum Gasteiger partial charge on any atom is -0.507 e. The monoisotopic (exact) mass is 420 g/mol. The quantitative estimate of drug-likeness (QED) is 0.480. The Hall–Kier alpha value is -1.03. The third kappa shape index (κ3) is 2.40. The van der Waals surface area contributed by atoms with Gasteiger partial charge in [-0.05, 0) is 73.5 Å². The van der Waals surface area contributed by atoms with Crippen molar-refractivity contribution in [2.45, 2.75) is 70.2 Å². The summed E-state index contributed by atoms with van der Waals surface area (Å²) in [4.78, 5) is 11.8. The lowest BCUT2D eigenvalue weighted by atomic mass is 9.44. The van der Waals surface area contributed by atoms with Gasteiger partial charge in [0.25, 0.3) is 0 Å². The maximum atomic E-state index is 11.2. The van der Waals surface area contributed by atoms with Crippen molar-refractivity contribution in [2.24, 2.45) is 22.7 Å². The van der Waals surface area contributed by atoms with Gasteiger partial charge in [-0.3, -0.25) is 4.79 Å². The van der Waals surface area contributed by atoms with E-state index in [4.69, 9.17) is 4.74 Å². The van der Waals surface area contributed by atoms with Crippen LogP contribution in [0.2, 0.25) is 0 Å². The average Bonchev–Trinajstić information content (AvgIpc) is 2.57. The molecule has 1 aliphatic heterocycles. The van der Waals surface area contributed by atoms with Gasteiger partial charge in [-0.2, -0.15) is 0 Å². The predicted octanol–water partition coefficient (Wildman–Crippen LogP) is 5.51. The molecule has 2 aliphatic carbocycles. The molecular formula is C22H29BrO3. The van der Waals surface area contributed by atoms with Crippen LogP contribution in [0.5, 0.6) is 11.5 Å². The number of phenols is 1. The molecule has 0 spiro atoms. The first kappa shape index (κ1) is 18.3. The first-order valence-electron chi connectivity index (χ1n) is 9.76. The van der Waals surface area contributed by atoms with Gasteiger partial charge < -0.3 is 9.84 Å². The van der Waals surface area contributed by atoms with E-state index >= 15 is 0 Å². The molecule has 1 aromatic rings. The third-order valence-corrected chi connectivity index (χ3v) is 9.64. The van der Waals surface area contributed by atoms with Crippen LogP contribution in [-0.2, 0) is 6.42 Å². The lowest BCUT2D eigenvalue weighted by Crippen LogP contribution is -2.63. The molecule has 2 fully saturated rings. The number of benzene rings is 1. The summed E-state index contributed by atoms with van der Waals surface area (Å²) in [5.74, 6) is 1.91. The van der Waals surface area contributed by atoms with Crippen LogP contribution in [-0.4, -0.2) is 21.8 Å². The van der Waals surface area contributed by atoms with Gasteiger partial charge in [-0.1, -0.05) is 36.7 Å². The normalized spacial score (nSPS) is 40.6. The van der Waals surface area contributed by atoms with Gasteiger partial charge in [0.2, 0.25) is 0 Å². The summed E-state index contributed by atoms with van der Waals surface area (Å²) in [6, 6.07) is 3.46. The Bertz CT molecular complexity index is 758. The number of ether oxygens (including phenoxy) is 1. The molecule has 0 aromatic heterocycles. The number of fused-ring (bicyclic) bond motifs is 4. The number of carbonyl (C=O) groups is 1. The molecule has 3 nitrogen and oxygen atoms in total. The fraction of sp³-hybridized carbons (Fsp3) is 0.682. The van der Waals surface area contributed by atoms with Crippen LogP contribution in [0, 0.1) is 22.7 Å². The molecule has 0 saturated heterocycles. The summed E-state index contributed by atoms with van der Waals surface area (Å²) < 4.78 is 6.55. The molecule has 0 amide bonds. The number of hydrogen-bond donors (Lipinski definition) is 1. The van der Waals surface area contributed by atoms with Crippen LogP contribution in [0.15, 0.2) is 12.1 Å². The maximum absolute atomic E-state index is 11.2. The van der Waals surface area contributed by atoms with E-state index in [1.54, 1.807) is 12.1 Å². The van der Waals surface area contributed by atoms with E-state index in [0.29, 0.717) is 28.5 Å². The van der Waals surface area contributed by atoms with Gasteiger partial charge in [0.1, 0.15) is 17.1 Å². The zero-order valence-electron chi connectivity index (χ0n) is 16.1. The lowest BCUT2D eigenvalue weighted by Gasteiger charge is -2.64. The number of carbonyl (C=O) groups excluding carboxylic acids is 1. The van der Waals surface area contributed by atoms with Crippen LogP contribution in [0.3, 0.4) is 0 Å². The van der Waals surface area contributed by atoms with Crippen molar-refractivity contribution in [1.29, 1.82) is 0 Å². The highest BCUT2D eigenvalue weighted by Gasteiger charge is 2.62. The van der Waals surface area contributed by atoms with E-state index in [1.165, 1.54) is 19.3 Å². The number of alkyl halides is 1. The summed E-state index contributed by atoms with van der Waals surface area (Å²) in [6.07, 6.45) is 6.22. The van der Waals surface area contributed by atoms with Crippen molar-refractivity contribution >= 4 is 22.2 Å². The Morgan fingerprint density at radius 1 is 1.15 bits per heavy atom. The molecule has 0 unspecified atom stereocenters. The number of phenolic OH excluding ortho intramolecular Hbond substituents is 1. The van der Waals surface area contributed by atoms with Crippen LogP contribution in [0.25, 0.3) is 0 Å². The zero-order valence-corrected chi connectivity index (χ0v) is 17.7. The van der Waals surface area contributed by atoms with Crippen molar-refractivity contribution in [1.82, 2.24) is 0 Å². The number of hydrogen-bond acceptors (Lipinski definition) is 3. The number of halogens is 1. The van der Waals surface area contributed by atoms with Crippen molar-refractivity contribution in [3.05, 3.63) is 23.3 Å². The molecular weight excluding hydrogens is 392 g/mol.